The molecule has 2 aliphatic rings. The molecule has 0 radical (unpaired) electrons. The lowest BCUT2D eigenvalue weighted by Gasteiger charge is -2.41. The molecule has 2 heterocycles. The summed E-state index contributed by atoms with van der Waals surface area (Å²) >= 11 is 0. The summed E-state index contributed by atoms with van der Waals surface area (Å²) < 4.78 is 5.27. The minimum absolute atomic E-state index is 0.0223. The number of phenols is 1. The second kappa shape index (κ2) is 4.13. The zero-order chi connectivity index (χ0) is 13.7. The number of rotatable bonds is 1. The number of aryl methyl sites for hydroxylation is 1. The van der Waals surface area contributed by atoms with Crippen molar-refractivity contribution < 1.29 is 14.6 Å². The summed E-state index contributed by atoms with van der Waals surface area (Å²) in [5.74, 6) is 0.851. The second-order valence-corrected chi connectivity index (χ2v) is 5.34. The van der Waals surface area contributed by atoms with Crippen LogP contribution in [0.5, 0.6) is 11.5 Å². The van der Waals surface area contributed by atoms with Gasteiger partial charge in [0.25, 0.3) is 0 Å². The van der Waals surface area contributed by atoms with Gasteiger partial charge in [-0.2, -0.15) is 0 Å². The first kappa shape index (κ1) is 12.3. The van der Waals surface area contributed by atoms with E-state index in [0.29, 0.717) is 18.7 Å². The lowest BCUT2D eigenvalue weighted by atomic mass is 9.85. The predicted molar refractivity (Wildman–Crippen MR) is 70.4 cm³/mol. The van der Waals surface area contributed by atoms with Crippen LogP contribution in [-0.2, 0) is 11.2 Å². The summed E-state index contributed by atoms with van der Waals surface area (Å²) in [6, 6.07) is 1.82. The molecule has 0 saturated carbocycles. The fourth-order valence-corrected chi connectivity index (χ4v) is 3.22. The maximum atomic E-state index is 12.0. The molecule has 1 aromatic carbocycles. The van der Waals surface area contributed by atoms with E-state index in [-0.39, 0.29) is 23.7 Å². The number of hydrogen-bond acceptors (Lipinski definition) is 4. The molecule has 1 aromatic rings. The van der Waals surface area contributed by atoms with Crippen molar-refractivity contribution in [2.45, 2.75) is 25.4 Å². The molecule has 0 spiro atoms. The molecular formula is C14H18N2O3. The van der Waals surface area contributed by atoms with Gasteiger partial charge in [-0.05, 0) is 24.5 Å². The van der Waals surface area contributed by atoms with Crippen LogP contribution >= 0.6 is 0 Å². The van der Waals surface area contributed by atoms with Gasteiger partial charge in [-0.3, -0.25) is 10.1 Å². The number of aromatic hydroxyl groups is 1. The van der Waals surface area contributed by atoms with Gasteiger partial charge < -0.3 is 14.7 Å². The van der Waals surface area contributed by atoms with Crippen LogP contribution in [-0.4, -0.2) is 42.7 Å². The summed E-state index contributed by atoms with van der Waals surface area (Å²) in [7, 11) is 3.36. The van der Waals surface area contributed by atoms with Crippen LogP contribution in [0.4, 0.5) is 0 Å². The third-order valence-corrected chi connectivity index (χ3v) is 4.07. The highest BCUT2D eigenvalue weighted by Crippen LogP contribution is 2.43. The fraction of sp³-hybridized carbons (Fsp3) is 0.500. The molecule has 3 rings (SSSR count). The Morgan fingerprint density at radius 1 is 1.47 bits per heavy atom. The van der Waals surface area contributed by atoms with Crippen molar-refractivity contribution in [2.24, 2.45) is 0 Å². The first-order valence-corrected chi connectivity index (χ1v) is 6.43. The summed E-state index contributed by atoms with van der Waals surface area (Å²) in [6.07, 6.45) is 0.618. The molecule has 5 heteroatoms. The number of likely N-dealkylation sites (N-methyl/N-ethyl adjacent to an activating group) is 1. The van der Waals surface area contributed by atoms with Crippen LogP contribution in [0.15, 0.2) is 6.07 Å². The zero-order valence-corrected chi connectivity index (χ0v) is 11.4. The van der Waals surface area contributed by atoms with Crippen LogP contribution in [0.3, 0.4) is 0 Å². The van der Waals surface area contributed by atoms with Gasteiger partial charge in [0.05, 0.1) is 19.2 Å². The number of nitrogens with one attached hydrogen (secondary N) is 1. The van der Waals surface area contributed by atoms with Gasteiger partial charge in [0.2, 0.25) is 5.91 Å². The molecule has 102 valence electrons. The Labute approximate surface area is 112 Å². The lowest BCUT2D eigenvalue weighted by Crippen LogP contribution is -2.58. The Morgan fingerprint density at radius 2 is 2.21 bits per heavy atom. The molecule has 1 amide bonds. The Kier molecular flexibility index (Phi) is 2.67. The van der Waals surface area contributed by atoms with E-state index in [2.05, 4.69) is 5.32 Å². The van der Waals surface area contributed by atoms with E-state index in [1.165, 1.54) is 0 Å². The highest BCUT2D eigenvalue weighted by atomic mass is 16.5. The Hall–Kier alpha value is -1.75. The van der Waals surface area contributed by atoms with Crippen molar-refractivity contribution in [3.8, 4) is 11.5 Å². The van der Waals surface area contributed by atoms with E-state index < -0.39 is 0 Å². The van der Waals surface area contributed by atoms with E-state index >= 15 is 0 Å². The number of piperazine rings is 1. The topological polar surface area (TPSA) is 61.8 Å². The second-order valence-electron chi connectivity index (χ2n) is 5.34. The third-order valence-electron chi connectivity index (χ3n) is 4.07. The molecule has 1 fully saturated rings. The normalized spacial score (nSPS) is 25.2. The number of fused-ring (bicyclic) bond motifs is 4. The molecule has 5 nitrogen and oxygen atoms in total. The van der Waals surface area contributed by atoms with Gasteiger partial charge in [0.15, 0.2) is 11.5 Å². The molecule has 2 aliphatic heterocycles. The first-order valence-electron chi connectivity index (χ1n) is 6.43. The number of phenolic OH excluding ortho intramolecular Hbond substituents is 1. The van der Waals surface area contributed by atoms with Crippen LogP contribution in [0.25, 0.3) is 0 Å². The van der Waals surface area contributed by atoms with Crippen LogP contribution in [0.2, 0.25) is 0 Å². The number of carbonyl (C=O) groups excluding carboxylic acids is 1. The number of carbonyl (C=O) groups is 1. The summed E-state index contributed by atoms with van der Waals surface area (Å²) in [5.41, 5.74) is 2.82. The average Bonchev–Trinajstić information content (AvgIpc) is 2.35. The van der Waals surface area contributed by atoms with E-state index in [0.717, 1.165) is 16.7 Å². The molecule has 0 unspecified atom stereocenters. The van der Waals surface area contributed by atoms with Gasteiger partial charge in [-0.25, -0.2) is 0 Å². The predicted octanol–water partition coefficient (Wildman–Crippen LogP) is 0.737. The number of methoxy groups -OCH3 is 1. The lowest BCUT2D eigenvalue weighted by molar-refractivity contribution is -0.135. The van der Waals surface area contributed by atoms with Crippen molar-refractivity contribution in [1.82, 2.24) is 10.2 Å². The largest absolute Gasteiger partial charge is 0.504 e. The van der Waals surface area contributed by atoms with Gasteiger partial charge in [-0.15, -0.1) is 0 Å². The molecule has 2 atom stereocenters. The van der Waals surface area contributed by atoms with Crippen LogP contribution < -0.4 is 10.1 Å². The van der Waals surface area contributed by atoms with Crippen molar-refractivity contribution >= 4 is 5.91 Å². The zero-order valence-electron chi connectivity index (χ0n) is 11.4. The van der Waals surface area contributed by atoms with Crippen molar-refractivity contribution in [2.75, 3.05) is 20.7 Å². The maximum absolute atomic E-state index is 12.0. The van der Waals surface area contributed by atoms with Gasteiger partial charge in [0.1, 0.15) is 0 Å². The summed E-state index contributed by atoms with van der Waals surface area (Å²) in [6.45, 7) is 2.48. The number of benzene rings is 1. The van der Waals surface area contributed by atoms with E-state index in [4.69, 9.17) is 4.74 Å². The quantitative estimate of drug-likeness (QED) is 0.783. The highest BCUT2D eigenvalue weighted by molar-refractivity contribution is 5.84. The number of ether oxygens (including phenoxy) is 1. The minimum atomic E-state index is -0.177. The maximum Gasteiger partial charge on any atom is 0.239 e. The number of amides is 1. The first-order chi connectivity index (χ1) is 9.02. The Balaban J connectivity index is 2.14. The van der Waals surface area contributed by atoms with Crippen molar-refractivity contribution in [1.29, 1.82) is 0 Å². The standard InChI is InChI=1S/C14H18N2O3/c1-7-4-8-5-9-14(18)16(2)6-10(15-9)11(8)12(17)13(7)19-3/h4,9-10,15,17H,5-6H2,1-3H3/t9-,10-/m0/s1. The fourth-order valence-electron chi connectivity index (χ4n) is 3.22. The highest BCUT2D eigenvalue weighted by Gasteiger charge is 2.39. The van der Waals surface area contributed by atoms with Gasteiger partial charge in [0, 0.05) is 19.2 Å². The van der Waals surface area contributed by atoms with E-state index in [1.54, 1.807) is 19.1 Å². The molecule has 2 bridgehead atoms. The molecule has 0 aromatic heterocycles. The van der Waals surface area contributed by atoms with Crippen molar-refractivity contribution in [3.63, 3.8) is 0 Å². The van der Waals surface area contributed by atoms with Crippen molar-refractivity contribution in [3.05, 3.63) is 22.8 Å². The molecular weight excluding hydrogens is 244 g/mol. The van der Waals surface area contributed by atoms with E-state index in [1.807, 2.05) is 13.0 Å². The monoisotopic (exact) mass is 262 g/mol. The summed E-state index contributed by atoms with van der Waals surface area (Å²) in [5, 5.41) is 13.7. The molecule has 19 heavy (non-hydrogen) atoms. The molecule has 0 aliphatic carbocycles. The summed E-state index contributed by atoms with van der Waals surface area (Å²) in [4.78, 5) is 13.7. The Morgan fingerprint density at radius 3 is 2.89 bits per heavy atom. The molecule has 2 N–H and O–H groups in total. The van der Waals surface area contributed by atoms with Gasteiger partial charge >= 0.3 is 0 Å². The number of nitrogens with zero attached hydrogens (tertiary/aromatic N) is 1. The third kappa shape index (κ3) is 1.69. The van der Waals surface area contributed by atoms with Crippen LogP contribution in [0.1, 0.15) is 22.7 Å². The van der Waals surface area contributed by atoms with Gasteiger partial charge in [-0.1, -0.05) is 6.07 Å². The SMILES string of the molecule is COc1c(C)cc2c(c1O)[C@@H]1CN(C)C(=O)[C@H](C2)N1. The van der Waals surface area contributed by atoms with E-state index in [9.17, 15) is 9.90 Å². The minimum Gasteiger partial charge on any atom is -0.504 e. The average molecular weight is 262 g/mol. The Bertz CT molecular complexity index is 556. The molecule has 1 saturated heterocycles. The van der Waals surface area contributed by atoms with Crippen LogP contribution in [0, 0.1) is 6.92 Å². The smallest absolute Gasteiger partial charge is 0.239 e. The number of hydrogen-bond donors (Lipinski definition) is 2.